The number of carbonyl (C=O) groups excluding carboxylic acids is 1. The van der Waals surface area contributed by atoms with Crippen LogP contribution in [0, 0.1) is 0 Å². The van der Waals surface area contributed by atoms with Crippen LogP contribution >= 0.6 is 0 Å². The molecule has 0 aliphatic heterocycles. The highest BCUT2D eigenvalue weighted by Gasteiger charge is 2.24. The molecule has 1 nitrogen and oxygen atoms in total. The van der Waals surface area contributed by atoms with Crippen molar-refractivity contribution in [3.63, 3.8) is 0 Å². The van der Waals surface area contributed by atoms with Crippen LogP contribution in [0.4, 0.5) is 12.9 Å². The van der Waals surface area contributed by atoms with Gasteiger partial charge in [0.05, 0.1) is 0 Å². The molecule has 0 N–H and O–H groups in total. The highest BCUT2D eigenvalue weighted by molar-refractivity contribution is 6.73. The Morgan fingerprint density at radius 1 is 1.08 bits per heavy atom. The summed E-state index contributed by atoms with van der Waals surface area (Å²) in [5.41, 5.74) is -0.431. The average Bonchev–Trinajstić information content (AvgIpc) is 2.03. The van der Waals surface area contributed by atoms with E-state index in [2.05, 4.69) is 0 Å². The second kappa shape index (κ2) is 3.01. The molecule has 0 fully saturated rings. The van der Waals surface area contributed by atoms with Gasteiger partial charge in [-0.3, -0.25) is 4.79 Å². The Labute approximate surface area is 67.3 Å². The summed E-state index contributed by atoms with van der Waals surface area (Å²) in [6.45, 7) is -4.94. The van der Waals surface area contributed by atoms with E-state index in [1.807, 2.05) is 0 Å². The van der Waals surface area contributed by atoms with Gasteiger partial charge in [-0.2, -0.15) is 0 Å². The van der Waals surface area contributed by atoms with Crippen LogP contribution in [-0.2, 0) is 0 Å². The molecular weight excluding hydrogens is 168 g/mol. The van der Waals surface area contributed by atoms with E-state index < -0.39 is 12.4 Å². The van der Waals surface area contributed by atoms with Crippen molar-refractivity contribution in [3.05, 3.63) is 29.8 Å². The number of carbonyl (C=O) groups is 1. The Balaban J connectivity index is 3.00. The first kappa shape index (κ1) is 8.84. The van der Waals surface area contributed by atoms with E-state index in [1.165, 1.54) is 0 Å². The van der Waals surface area contributed by atoms with Gasteiger partial charge in [0.1, 0.15) is 6.29 Å². The summed E-state index contributed by atoms with van der Waals surface area (Å²) in [6, 6.07) is 4.11. The van der Waals surface area contributed by atoms with Crippen molar-refractivity contribution in [1.29, 1.82) is 0 Å². The van der Waals surface area contributed by atoms with Crippen LogP contribution in [0.2, 0.25) is 0 Å². The van der Waals surface area contributed by atoms with Gasteiger partial charge in [-0.15, -0.1) is 5.46 Å². The van der Waals surface area contributed by atoms with Gasteiger partial charge in [-0.25, -0.2) is 0 Å². The molecule has 0 aliphatic rings. The van der Waals surface area contributed by atoms with E-state index in [4.69, 9.17) is 0 Å². The maximum Gasteiger partial charge on any atom is 0.509 e. The molecule has 0 saturated heterocycles. The molecule has 1 aromatic rings. The van der Waals surface area contributed by atoms with E-state index in [0.717, 1.165) is 24.3 Å². The normalized spacial score (nSPS) is 11.2. The molecular formula is C7H5BF3O-. The molecule has 1 aromatic carbocycles. The number of aldehydes is 1. The number of rotatable bonds is 2. The summed E-state index contributed by atoms with van der Waals surface area (Å²) in [6.07, 6.45) is 0.507. The lowest BCUT2D eigenvalue weighted by Crippen LogP contribution is -2.33. The van der Waals surface area contributed by atoms with E-state index in [-0.39, 0.29) is 5.56 Å². The molecule has 12 heavy (non-hydrogen) atoms. The van der Waals surface area contributed by atoms with Crippen molar-refractivity contribution in [2.24, 2.45) is 0 Å². The standard InChI is InChI=1S/C7H5BF3O/c9-8(10,11)7-3-1-6(5-12)2-4-7/h1-5H/q-1. The van der Waals surface area contributed by atoms with Crippen LogP contribution in [0.25, 0.3) is 0 Å². The second-order valence-corrected chi connectivity index (χ2v) is 2.36. The second-order valence-electron chi connectivity index (χ2n) is 2.36. The molecule has 1 rings (SSSR count). The molecule has 0 saturated carbocycles. The molecule has 0 amide bonds. The van der Waals surface area contributed by atoms with Crippen LogP contribution in [0.5, 0.6) is 0 Å². The zero-order chi connectivity index (χ0) is 9.19. The quantitative estimate of drug-likeness (QED) is 0.489. The van der Waals surface area contributed by atoms with Gasteiger partial charge in [0.2, 0.25) is 0 Å². The summed E-state index contributed by atoms with van der Waals surface area (Å²) in [7, 11) is 0. The lowest BCUT2D eigenvalue weighted by Gasteiger charge is -2.13. The third-order valence-electron chi connectivity index (χ3n) is 1.45. The van der Waals surface area contributed by atoms with Crippen molar-refractivity contribution in [1.82, 2.24) is 0 Å². The largest absolute Gasteiger partial charge is 0.509 e. The molecule has 5 heteroatoms. The van der Waals surface area contributed by atoms with Gasteiger partial charge in [0, 0.05) is 5.56 Å². The highest BCUT2D eigenvalue weighted by atomic mass is 19.4. The number of halogens is 3. The third kappa shape index (κ3) is 1.87. The smallest absolute Gasteiger partial charge is 0.445 e. The highest BCUT2D eigenvalue weighted by Crippen LogP contribution is 2.08. The summed E-state index contributed by atoms with van der Waals surface area (Å²) in [5.74, 6) is 0. The van der Waals surface area contributed by atoms with Crippen molar-refractivity contribution in [3.8, 4) is 0 Å². The number of hydrogen-bond acceptors (Lipinski definition) is 1. The van der Waals surface area contributed by atoms with E-state index >= 15 is 0 Å². The van der Waals surface area contributed by atoms with Gasteiger partial charge in [0.25, 0.3) is 0 Å². The SMILES string of the molecule is O=Cc1ccc([B-](F)(F)F)cc1. The van der Waals surface area contributed by atoms with Crippen LogP contribution in [0.1, 0.15) is 10.4 Å². The van der Waals surface area contributed by atoms with Crippen LogP contribution in [0.3, 0.4) is 0 Å². The minimum atomic E-state index is -4.94. The molecule has 0 radical (unpaired) electrons. The molecule has 0 aliphatic carbocycles. The van der Waals surface area contributed by atoms with Crippen molar-refractivity contribution < 1.29 is 17.7 Å². The Hall–Kier alpha value is -1.26. The van der Waals surface area contributed by atoms with Crippen molar-refractivity contribution in [2.45, 2.75) is 0 Å². The topological polar surface area (TPSA) is 17.1 Å². The van der Waals surface area contributed by atoms with Gasteiger partial charge in [-0.05, 0) is 0 Å². The average molecular weight is 173 g/mol. The van der Waals surface area contributed by atoms with Crippen molar-refractivity contribution >= 4 is 18.7 Å². The first-order chi connectivity index (χ1) is 5.54. The third-order valence-corrected chi connectivity index (χ3v) is 1.45. The van der Waals surface area contributed by atoms with Gasteiger partial charge >= 0.3 is 6.98 Å². The molecule has 0 spiro atoms. The Morgan fingerprint density at radius 3 is 1.92 bits per heavy atom. The van der Waals surface area contributed by atoms with Crippen LogP contribution in [-0.4, -0.2) is 13.3 Å². The molecule has 0 heterocycles. The van der Waals surface area contributed by atoms with Crippen LogP contribution in [0.15, 0.2) is 24.3 Å². The zero-order valence-electron chi connectivity index (χ0n) is 6.01. The Morgan fingerprint density at radius 2 is 1.58 bits per heavy atom. The molecule has 0 aromatic heterocycles. The van der Waals surface area contributed by atoms with Crippen molar-refractivity contribution in [2.75, 3.05) is 0 Å². The predicted molar refractivity (Wildman–Crippen MR) is 40.5 cm³/mol. The predicted octanol–water partition coefficient (Wildman–Crippen LogP) is 1.55. The summed E-state index contributed by atoms with van der Waals surface area (Å²) < 4.78 is 36.0. The van der Waals surface area contributed by atoms with E-state index in [1.54, 1.807) is 0 Å². The fraction of sp³-hybridized carbons (Fsp3) is 0. The monoisotopic (exact) mass is 173 g/mol. The molecule has 64 valence electrons. The lowest BCUT2D eigenvalue weighted by atomic mass is 9.80. The summed E-state index contributed by atoms with van der Waals surface area (Å²) >= 11 is 0. The van der Waals surface area contributed by atoms with E-state index in [9.17, 15) is 17.7 Å². The van der Waals surface area contributed by atoms with Gasteiger partial charge < -0.3 is 12.9 Å². The zero-order valence-corrected chi connectivity index (χ0v) is 6.01. The summed E-state index contributed by atoms with van der Waals surface area (Å²) in [4.78, 5) is 10.1. The van der Waals surface area contributed by atoms with Gasteiger partial charge in [-0.1, -0.05) is 24.3 Å². The minimum absolute atomic E-state index is 0.249. The Kier molecular flexibility index (Phi) is 2.21. The number of benzene rings is 1. The maximum atomic E-state index is 12.0. The lowest BCUT2D eigenvalue weighted by molar-refractivity contribution is 0.112. The van der Waals surface area contributed by atoms with Gasteiger partial charge in [0.15, 0.2) is 0 Å². The summed E-state index contributed by atoms with van der Waals surface area (Å²) in [5, 5.41) is 0. The minimum Gasteiger partial charge on any atom is -0.445 e. The van der Waals surface area contributed by atoms with E-state index in [0.29, 0.717) is 6.29 Å². The maximum absolute atomic E-state index is 12.0. The first-order valence-electron chi connectivity index (χ1n) is 3.29. The van der Waals surface area contributed by atoms with Crippen LogP contribution < -0.4 is 5.46 Å². The fourth-order valence-corrected chi connectivity index (χ4v) is 0.793. The Bertz CT molecular complexity index is 278. The fourth-order valence-electron chi connectivity index (χ4n) is 0.793. The first-order valence-corrected chi connectivity index (χ1v) is 3.29. The molecule has 0 atom stereocenters. The number of hydrogen-bond donors (Lipinski definition) is 0. The molecule has 0 bridgehead atoms. The molecule has 0 unspecified atom stereocenters.